The van der Waals surface area contributed by atoms with Gasteiger partial charge in [-0.25, -0.2) is 4.98 Å². The van der Waals surface area contributed by atoms with E-state index >= 15 is 0 Å². The van der Waals surface area contributed by atoms with Crippen molar-refractivity contribution in [1.82, 2.24) is 4.98 Å². The summed E-state index contributed by atoms with van der Waals surface area (Å²) in [6.45, 7) is 3.80. The second kappa shape index (κ2) is 5.80. The highest BCUT2D eigenvalue weighted by Gasteiger charge is 2.17. The molecule has 17 heavy (non-hydrogen) atoms. The lowest BCUT2D eigenvalue weighted by Crippen LogP contribution is -2.04. The van der Waals surface area contributed by atoms with Gasteiger partial charge in [0, 0.05) is 11.8 Å². The van der Waals surface area contributed by atoms with Crippen LogP contribution < -0.4 is 4.74 Å². The lowest BCUT2D eigenvalue weighted by Gasteiger charge is -2.06. The van der Waals surface area contributed by atoms with Crippen LogP contribution in [0, 0.1) is 27.4 Å². The van der Waals surface area contributed by atoms with Gasteiger partial charge < -0.3 is 4.74 Å². The average molecular weight is 235 g/mol. The average Bonchev–Trinajstić information content (AvgIpc) is 2.25. The van der Waals surface area contributed by atoms with Crippen LogP contribution in [0.3, 0.4) is 0 Å². The van der Waals surface area contributed by atoms with E-state index in [-0.39, 0.29) is 18.2 Å². The Morgan fingerprint density at radius 3 is 2.82 bits per heavy atom. The van der Waals surface area contributed by atoms with Gasteiger partial charge in [0.1, 0.15) is 6.07 Å². The van der Waals surface area contributed by atoms with E-state index in [0.717, 1.165) is 5.69 Å². The van der Waals surface area contributed by atoms with Gasteiger partial charge in [0.15, 0.2) is 6.61 Å². The first kappa shape index (κ1) is 12.9. The Hall–Kier alpha value is -2.16. The van der Waals surface area contributed by atoms with Gasteiger partial charge in [-0.3, -0.25) is 10.1 Å². The fourth-order valence-electron chi connectivity index (χ4n) is 1.35. The van der Waals surface area contributed by atoms with Gasteiger partial charge in [0.25, 0.3) is 5.88 Å². The molecule has 0 saturated carbocycles. The fourth-order valence-corrected chi connectivity index (χ4v) is 1.35. The van der Waals surface area contributed by atoms with Crippen molar-refractivity contribution in [3.8, 4) is 11.9 Å². The first-order chi connectivity index (χ1) is 8.04. The quantitative estimate of drug-likeness (QED) is 0.575. The van der Waals surface area contributed by atoms with Crippen molar-refractivity contribution in [2.75, 3.05) is 6.61 Å². The van der Waals surface area contributed by atoms with Crippen molar-refractivity contribution in [3.63, 3.8) is 0 Å². The highest BCUT2D eigenvalue weighted by Crippen LogP contribution is 2.25. The lowest BCUT2D eigenvalue weighted by molar-refractivity contribution is -0.386. The molecule has 0 aliphatic heterocycles. The Balaban J connectivity index is 3.01. The topological polar surface area (TPSA) is 89.0 Å². The van der Waals surface area contributed by atoms with Crippen LogP contribution in [-0.2, 0) is 6.42 Å². The monoisotopic (exact) mass is 235 g/mol. The van der Waals surface area contributed by atoms with Gasteiger partial charge in [0.2, 0.25) is 0 Å². The zero-order chi connectivity index (χ0) is 12.8. The molecule has 0 aliphatic carbocycles. The normalized spacial score (nSPS) is 10.0. The van der Waals surface area contributed by atoms with Crippen LogP contribution in [0.5, 0.6) is 5.88 Å². The van der Waals surface area contributed by atoms with E-state index in [1.54, 1.807) is 12.1 Å². The van der Waals surface area contributed by atoms with E-state index in [1.807, 2.05) is 13.8 Å². The zero-order valence-corrected chi connectivity index (χ0v) is 9.71. The molecule has 1 rings (SSSR count). The molecule has 0 radical (unpaired) electrons. The van der Waals surface area contributed by atoms with E-state index in [9.17, 15) is 10.1 Å². The number of pyridine rings is 1. The lowest BCUT2D eigenvalue weighted by atomic mass is 10.1. The third kappa shape index (κ3) is 3.72. The predicted octanol–water partition coefficient (Wildman–Crippen LogP) is 2.09. The summed E-state index contributed by atoms with van der Waals surface area (Å²) in [5, 5.41) is 19.1. The number of hydrogen-bond donors (Lipinski definition) is 0. The molecule has 1 aromatic rings. The summed E-state index contributed by atoms with van der Waals surface area (Å²) in [6, 6.07) is 4.72. The minimum atomic E-state index is -0.571. The number of ether oxygens (including phenoxy) is 1. The number of aromatic nitrogens is 1. The summed E-state index contributed by atoms with van der Waals surface area (Å²) < 4.78 is 4.96. The van der Waals surface area contributed by atoms with Crippen LogP contribution in [0.2, 0.25) is 0 Å². The molecule has 0 unspecified atom stereocenters. The molecule has 0 spiro atoms. The Labute approximate surface area is 99.0 Å². The molecule has 0 amide bonds. The third-order valence-corrected chi connectivity index (χ3v) is 1.99. The fraction of sp³-hybridized carbons (Fsp3) is 0.455. The molecule has 1 heterocycles. The largest absolute Gasteiger partial charge is 0.457 e. The molecule has 0 aliphatic rings. The Kier molecular flexibility index (Phi) is 4.40. The second-order valence-electron chi connectivity index (χ2n) is 3.93. The summed E-state index contributed by atoms with van der Waals surface area (Å²) in [4.78, 5) is 14.2. The molecule has 90 valence electrons. The molecule has 0 N–H and O–H groups in total. The summed E-state index contributed by atoms with van der Waals surface area (Å²) in [5.41, 5.74) is 0.506. The molecular formula is C11H13N3O3. The van der Waals surface area contributed by atoms with Crippen LogP contribution >= 0.6 is 0 Å². The van der Waals surface area contributed by atoms with Crippen molar-refractivity contribution < 1.29 is 9.66 Å². The standard InChI is InChI=1S/C11H13N3O3/c1-8(2)7-9-3-4-10(14(15)16)11(13-9)17-6-5-12/h3-4,8H,6-7H2,1-2H3. The van der Waals surface area contributed by atoms with Gasteiger partial charge >= 0.3 is 5.69 Å². The van der Waals surface area contributed by atoms with Crippen LogP contribution in [0.15, 0.2) is 12.1 Å². The van der Waals surface area contributed by atoms with Gasteiger partial charge in [-0.15, -0.1) is 0 Å². The smallest absolute Gasteiger partial charge is 0.331 e. The van der Waals surface area contributed by atoms with Crippen LogP contribution in [0.4, 0.5) is 5.69 Å². The summed E-state index contributed by atoms with van der Waals surface area (Å²) in [7, 11) is 0. The number of nitrogens with zero attached hydrogens (tertiary/aromatic N) is 3. The first-order valence-electron chi connectivity index (χ1n) is 5.18. The van der Waals surface area contributed by atoms with Gasteiger partial charge in [-0.2, -0.15) is 5.26 Å². The Morgan fingerprint density at radius 2 is 2.29 bits per heavy atom. The Bertz CT molecular complexity index is 452. The first-order valence-corrected chi connectivity index (χ1v) is 5.18. The number of nitriles is 1. The molecule has 1 aromatic heterocycles. The van der Waals surface area contributed by atoms with Gasteiger partial charge in [-0.05, 0) is 18.4 Å². The van der Waals surface area contributed by atoms with Crippen LogP contribution in [0.25, 0.3) is 0 Å². The van der Waals surface area contributed by atoms with E-state index in [2.05, 4.69) is 4.98 Å². The maximum absolute atomic E-state index is 10.7. The molecular weight excluding hydrogens is 222 g/mol. The van der Waals surface area contributed by atoms with Crippen LogP contribution in [-0.4, -0.2) is 16.5 Å². The molecule has 0 saturated heterocycles. The van der Waals surface area contributed by atoms with Crippen molar-refractivity contribution in [3.05, 3.63) is 27.9 Å². The van der Waals surface area contributed by atoms with Crippen molar-refractivity contribution in [2.45, 2.75) is 20.3 Å². The molecule has 0 fully saturated rings. The number of rotatable bonds is 5. The zero-order valence-electron chi connectivity index (χ0n) is 9.71. The predicted molar refractivity (Wildman–Crippen MR) is 60.5 cm³/mol. The molecule has 0 atom stereocenters. The number of hydrogen-bond acceptors (Lipinski definition) is 5. The van der Waals surface area contributed by atoms with Gasteiger partial charge in [0.05, 0.1) is 4.92 Å². The maximum atomic E-state index is 10.7. The van der Waals surface area contributed by atoms with Crippen molar-refractivity contribution in [2.24, 2.45) is 5.92 Å². The van der Waals surface area contributed by atoms with E-state index in [1.165, 1.54) is 6.07 Å². The highest BCUT2D eigenvalue weighted by atomic mass is 16.6. The van der Waals surface area contributed by atoms with E-state index in [4.69, 9.17) is 10.00 Å². The van der Waals surface area contributed by atoms with Crippen LogP contribution in [0.1, 0.15) is 19.5 Å². The highest BCUT2D eigenvalue weighted by molar-refractivity contribution is 5.41. The Morgan fingerprint density at radius 1 is 1.59 bits per heavy atom. The summed E-state index contributed by atoms with van der Waals surface area (Å²) in [6.07, 6.45) is 0.709. The number of nitro groups is 1. The SMILES string of the molecule is CC(C)Cc1ccc([N+](=O)[O-])c(OCC#N)n1. The third-order valence-electron chi connectivity index (χ3n) is 1.99. The minimum absolute atomic E-state index is 0.0882. The maximum Gasteiger partial charge on any atom is 0.331 e. The molecule has 0 bridgehead atoms. The second-order valence-corrected chi connectivity index (χ2v) is 3.93. The minimum Gasteiger partial charge on any atom is -0.457 e. The summed E-state index contributed by atoms with van der Waals surface area (Å²) in [5.74, 6) is 0.308. The van der Waals surface area contributed by atoms with Crippen molar-refractivity contribution >= 4 is 5.69 Å². The molecule has 6 nitrogen and oxygen atoms in total. The van der Waals surface area contributed by atoms with E-state index < -0.39 is 4.92 Å². The summed E-state index contributed by atoms with van der Waals surface area (Å²) >= 11 is 0. The van der Waals surface area contributed by atoms with Gasteiger partial charge in [-0.1, -0.05) is 13.8 Å². The molecule has 0 aromatic carbocycles. The molecule has 6 heteroatoms. The van der Waals surface area contributed by atoms with Crippen molar-refractivity contribution in [1.29, 1.82) is 5.26 Å². The van der Waals surface area contributed by atoms with E-state index in [0.29, 0.717) is 12.3 Å².